The van der Waals surface area contributed by atoms with Crippen LogP contribution >= 0.6 is 11.6 Å². The molecule has 0 radical (unpaired) electrons. The lowest BCUT2D eigenvalue weighted by atomic mass is 10.2. The summed E-state index contributed by atoms with van der Waals surface area (Å²) < 4.78 is 5.78. The molecule has 3 aromatic rings. The molecule has 0 unspecified atom stereocenters. The van der Waals surface area contributed by atoms with Crippen molar-refractivity contribution in [2.45, 2.75) is 19.4 Å². The van der Waals surface area contributed by atoms with E-state index in [1.165, 1.54) is 0 Å². The number of nitrogens with zero attached hydrogens (tertiary/aromatic N) is 2. The molecule has 28 heavy (non-hydrogen) atoms. The summed E-state index contributed by atoms with van der Waals surface area (Å²) in [6.07, 6.45) is 1.91. The Bertz CT molecular complexity index is 940. The van der Waals surface area contributed by atoms with Gasteiger partial charge in [0.2, 0.25) is 5.91 Å². The Kier molecular flexibility index (Phi) is 5.39. The van der Waals surface area contributed by atoms with Crippen molar-refractivity contribution in [1.29, 1.82) is 0 Å². The van der Waals surface area contributed by atoms with Crippen LogP contribution in [0.5, 0.6) is 5.75 Å². The molecule has 1 aliphatic rings. The van der Waals surface area contributed by atoms with Gasteiger partial charge in [0, 0.05) is 16.6 Å². The number of nitrogens with one attached hydrogen (secondary N) is 2. The summed E-state index contributed by atoms with van der Waals surface area (Å²) in [4.78, 5) is 11.7. The van der Waals surface area contributed by atoms with Crippen molar-refractivity contribution in [2.75, 3.05) is 10.6 Å². The van der Waals surface area contributed by atoms with Crippen LogP contribution in [0.1, 0.15) is 18.4 Å². The highest BCUT2D eigenvalue weighted by Crippen LogP contribution is 2.30. The topological polar surface area (TPSA) is 76.1 Å². The van der Waals surface area contributed by atoms with E-state index >= 15 is 0 Å². The monoisotopic (exact) mass is 394 g/mol. The van der Waals surface area contributed by atoms with Crippen LogP contribution in [-0.2, 0) is 11.4 Å². The van der Waals surface area contributed by atoms with Crippen molar-refractivity contribution in [3.63, 3.8) is 0 Å². The van der Waals surface area contributed by atoms with Crippen LogP contribution in [0, 0.1) is 5.92 Å². The van der Waals surface area contributed by atoms with Crippen molar-refractivity contribution in [2.24, 2.45) is 5.92 Å². The van der Waals surface area contributed by atoms with Gasteiger partial charge in [-0.05, 0) is 66.9 Å². The van der Waals surface area contributed by atoms with E-state index < -0.39 is 0 Å². The predicted octanol–water partition coefficient (Wildman–Crippen LogP) is 4.80. The van der Waals surface area contributed by atoms with Gasteiger partial charge in [-0.2, -0.15) is 0 Å². The van der Waals surface area contributed by atoms with Crippen molar-refractivity contribution in [1.82, 2.24) is 10.2 Å². The van der Waals surface area contributed by atoms with Crippen LogP contribution in [-0.4, -0.2) is 16.1 Å². The summed E-state index contributed by atoms with van der Waals surface area (Å²) in [5, 5.41) is 14.8. The lowest BCUT2D eigenvalue weighted by Crippen LogP contribution is -2.14. The van der Waals surface area contributed by atoms with E-state index in [1.807, 2.05) is 48.5 Å². The molecule has 2 aromatic carbocycles. The van der Waals surface area contributed by atoms with E-state index in [-0.39, 0.29) is 11.8 Å². The second kappa shape index (κ2) is 8.27. The Hall–Kier alpha value is -3.12. The maximum Gasteiger partial charge on any atom is 0.228 e. The lowest BCUT2D eigenvalue weighted by molar-refractivity contribution is -0.117. The van der Waals surface area contributed by atoms with Crippen molar-refractivity contribution >= 4 is 34.8 Å². The third-order valence-corrected chi connectivity index (χ3v) is 4.56. The molecule has 142 valence electrons. The maximum atomic E-state index is 11.7. The van der Waals surface area contributed by atoms with Crippen molar-refractivity contribution in [3.8, 4) is 5.75 Å². The Morgan fingerprint density at radius 3 is 2.29 bits per heavy atom. The fraction of sp³-hybridized carbons (Fsp3) is 0.190. The van der Waals surface area contributed by atoms with Gasteiger partial charge in [0.25, 0.3) is 0 Å². The number of aromatic nitrogens is 2. The van der Waals surface area contributed by atoms with Crippen LogP contribution in [0.2, 0.25) is 5.02 Å². The van der Waals surface area contributed by atoms with Crippen molar-refractivity contribution < 1.29 is 9.53 Å². The molecule has 0 atom stereocenters. The van der Waals surface area contributed by atoms with Crippen LogP contribution in [0.15, 0.2) is 60.7 Å². The first-order chi connectivity index (χ1) is 13.7. The minimum atomic E-state index is 0.0178. The molecule has 4 rings (SSSR count). The number of carbonyl (C=O) groups is 1. The normalized spacial score (nSPS) is 13.0. The molecule has 6 nitrogen and oxygen atoms in total. The number of ether oxygens (including phenoxy) is 1. The van der Waals surface area contributed by atoms with Crippen LogP contribution in [0.3, 0.4) is 0 Å². The number of benzene rings is 2. The largest absolute Gasteiger partial charge is 0.489 e. The number of hydrogen-bond donors (Lipinski definition) is 2. The van der Waals surface area contributed by atoms with E-state index in [2.05, 4.69) is 20.8 Å². The number of halogens is 1. The standard InChI is InChI=1S/C21H19ClN4O2/c22-16-5-1-14(2-6-16)13-28-18-9-7-17(8-10-18)23-19-11-12-20(26-25-19)24-21(27)15-3-4-15/h1-2,5-12,15H,3-4,13H2,(H,23,25)(H,24,26,27). The summed E-state index contributed by atoms with van der Waals surface area (Å²) in [6, 6.07) is 18.7. The summed E-state index contributed by atoms with van der Waals surface area (Å²) >= 11 is 5.88. The number of rotatable bonds is 7. The molecule has 1 fully saturated rings. The molecule has 1 heterocycles. The third kappa shape index (κ3) is 4.98. The van der Waals surface area contributed by atoms with Gasteiger partial charge in [-0.3, -0.25) is 4.79 Å². The highest BCUT2D eigenvalue weighted by Gasteiger charge is 2.29. The Morgan fingerprint density at radius 1 is 0.964 bits per heavy atom. The van der Waals surface area contributed by atoms with Gasteiger partial charge in [0.15, 0.2) is 11.6 Å². The predicted molar refractivity (Wildman–Crippen MR) is 109 cm³/mol. The zero-order chi connectivity index (χ0) is 19.3. The van der Waals surface area contributed by atoms with E-state index in [4.69, 9.17) is 16.3 Å². The number of amides is 1. The first kappa shape index (κ1) is 18.3. The summed E-state index contributed by atoms with van der Waals surface area (Å²) in [5.41, 5.74) is 1.92. The van der Waals surface area contributed by atoms with Crippen LogP contribution < -0.4 is 15.4 Å². The first-order valence-corrected chi connectivity index (χ1v) is 9.42. The molecule has 1 saturated carbocycles. The molecule has 2 N–H and O–H groups in total. The summed E-state index contributed by atoms with van der Waals surface area (Å²) in [5.74, 6) is 1.99. The Balaban J connectivity index is 1.29. The lowest BCUT2D eigenvalue weighted by Gasteiger charge is -2.09. The van der Waals surface area contributed by atoms with Gasteiger partial charge in [0.1, 0.15) is 12.4 Å². The number of carbonyl (C=O) groups excluding carboxylic acids is 1. The average Bonchev–Trinajstić information content (AvgIpc) is 3.56. The summed E-state index contributed by atoms with van der Waals surface area (Å²) in [6.45, 7) is 0.476. The van der Waals surface area contributed by atoms with Gasteiger partial charge >= 0.3 is 0 Å². The van der Waals surface area contributed by atoms with Gasteiger partial charge in [-0.15, -0.1) is 10.2 Å². The molecule has 0 bridgehead atoms. The molecule has 0 spiro atoms. The average molecular weight is 395 g/mol. The second-order valence-corrected chi connectivity index (χ2v) is 7.07. The van der Waals surface area contributed by atoms with Gasteiger partial charge in [-0.1, -0.05) is 23.7 Å². The fourth-order valence-electron chi connectivity index (χ4n) is 2.57. The fourth-order valence-corrected chi connectivity index (χ4v) is 2.70. The summed E-state index contributed by atoms with van der Waals surface area (Å²) in [7, 11) is 0. The molecule has 1 aromatic heterocycles. The van der Waals surface area contributed by atoms with Crippen LogP contribution in [0.4, 0.5) is 17.3 Å². The highest BCUT2D eigenvalue weighted by molar-refractivity contribution is 6.30. The SMILES string of the molecule is O=C(Nc1ccc(Nc2ccc(OCc3ccc(Cl)cc3)cc2)nn1)C1CC1. The third-order valence-electron chi connectivity index (χ3n) is 4.31. The van der Waals surface area contributed by atoms with E-state index in [9.17, 15) is 4.79 Å². The van der Waals surface area contributed by atoms with Crippen molar-refractivity contribution in [3.05, 3.63) is 71.2 Å². The molecule has 1 aliphatic carbocycles. The quantitative estimate of drug-likeness (QED) is 0.601. The number of anilines is 3. The van der Waals surface area contributed by atoms with Gasteiger partial charge in [0.05, 0.1) is 0 Å². The second-order valence-electron chi connectivity index (χ2n) is 6.63. The molecule has 1 amide bonds. The first-order valence-electron chi connectivity index (χ1n) is 9.05. The minimum absolute atomic E-state index is 0.0178. The maximum absolute atomic E-state index is 11.7. The highest BCUT2D eigenvalue weighted by atomic mass is 35.5. The van der Waals surface area contributed by atoms with E-state index in [0.717, 1.165) is 29.8 Å². The van der Waals surface area contributed by atoms with Gasteiger partial charge < -0.3 is 15.4 Å². The minimum Gasteiger partial charge on any atom is -0.489 e. The molecule has 0 saturated heterocycles. The zero-order valence-corrected chi connectivity index (χ0v) is 15.8. The smallest absolute Gasteiger partial charge is 0.228 e. The zero-order valence-electron chi connectivity index (χ0n) is 15.1. The molecule has 7 heteroatoms. The van der Waals surface area contributed by atoms with E-state index in [0.29, 0.717) is 23.3 Å². The molecular formula is C21H19ClN4O2. The number of hydrogen-bond acceptors (Lipinski definition) is 5. The Morgan fingerprint density at radius 2 is 1.64 bits per heavy atom. The van der Waals surface area contributed by atoms with Crippen LogP contribution in [0.25, 0.3) is 0 Å². The molecule has 0 aliphatic heterocycles. The van der Waals surface area contributed by atoms with E-state index in [1.54, 1.807) is 12.1 Å². The Labute approximate surface area is 167 Å². The van der Waals surface area contributed by atoms with Gasteiger partial charge in [-0.25, -0.2) is 0 Å². The molecular weight excluding hydrogens is 376 g/mol.